The van der Waals surface area contributed by atoms with E-state index in [-0.39, 0.29) is 17.6 Å². The normalized spacial score (nSPS) is 14.7. The van der Waals surface area contributed by atoms with Gasteiger partial charge in [-0.2, -0.15) is 0 Å². The van der Waals surface area contributed by atoms with Crippen molar-refractivity contribution < 1.29 is 23.0 Å². The van der Waals surface area contributed by atoms with Gasteiger partial charge < -0.3 is 14.0 Å². The van der Waals surface area contributed by atoms with Gasteiger partial charge in [0, 0.05) is 5.92 Å². The molecule has 144 valence electrons. The largest absolute Gasteiger partial charge is 0.493 e. The molecular formula is C21H24O5S. The van der Waals surface area contributed by atoms with E-state index in [1.54, 1.807) is 0 Å². The molecule has 0 aromatic heterocycles. The predicted molar refractivity (Wildman–Crippen MR) is 106 cm³/mol. The monoisotopic (exact) mass is 388 g/mol. The van der Waals surface area contributed by atoms with Crippen LogP contribution in [0.15, 0.2) is 30.3 Å². The Bertz CT molecular complexity index is 890. The number of benzene rings is 2. The van der Waals surface area contributed by atoms with Gasteiger partial charge in [0.1, 0.15) is 5.75 Å². The molecule has 2 aromatic carbocycles. The summed E-state index contributed by atoms with van der Waals surface area (Å²) in [6.07, 6.45) is 1.82. The lowest BCUT2D eigenvalue weighted by Gasteiger charge is -2.24. The molecule has 0 aliphatic heterocycles. The average Bonchev–Trinajstić information content (AvgIpc) is 2.64. The number of carbonyl (C=O) groups is 1. The van der Waals surface area contributed by atoms with Crippen LogP contribution in [0.2, 0.25) is 0 Å². The summed E-state index contributed by atoms with van der Waals surface area (Å²) in [5.74, 6) is 0.635. The van der Waals surface area contributed by atoms with Crippen LogP contribution in [0.1, 0.15) is 34.0 Å². The van der Waals surface area contributed by atoms with Gasteiger partial charge in [-0.15, -0.1) is 0 Å². The lowest BCUT2D eigenvalue weighted by Crippen LogP contribution is -2.16. The fourth-order valence-corrected chi connectivity index (χ4v) is 4.14. The van der Waals surface area contributed by atoms with Gasteiger partial charge in [0.15, 0.2) is 11.1 Å². The molecule has 0 saturated heterocycles. The summed E-state index contributed by atoms with van der Waals surface area (Å²) in [6, 6.07) is 9.76. The molecule has 2 unspecified atom stereocenters. The first-order valence-electron chi connectivity index (χ1n) is 8.94. The van der Waals surface area contributed by atoms with Gasteiger partial charge in [0.2, 0.25) is 0 Å². The number of esters is 1. The molecule has 27 heavy (non-hydrogen) atoms. The summed E-state index contributed by atoms with van der Waals surface area (Å²) in [5, 5.41) is 0. The van der Waals surface area contributed by atoms with Crippen LogP contribution in [0.25, 0.3) is 11.1 Å². The summed E-state index contributed by atoms with van der Waals surface area (Å²) in [4.78, 5) is 11.9. The molecule has 0 bridgehead atoms. The van der Waals surface area contributed by atoms with Crippen molar-refractivity contribution in [2.24, 2.45) is 5.92 Å². The van der Waals surface area contributed by atoms with E-state index in [0.717, 1.165) is 35.3 Å². The zero-order chi connectivity index (χ0) is 19.6. The van der Waals surface area contributed by atoms with Crippen molar-refractivity contribution in [3.63, 3.8) is 0 Å². The van der Waals surface area contributed by atoms with Gasteiger partial charge in [-0.25, -0.2) is 9.00 Å². The Morgan fingerprint density at radius 3 is 2.67 bits per heavy atom. The summed E-state index contributed by atoms with van der Waals surface area (Å²) < 4.78 is 30.6. The van der Waals surface area contributed by atoms with Crippen molar-refractivity contribution in [3.05, 3.63) is 52.6 Å². The van der Waals surface area contributed by atoms with E-state index in [2.05, 4.69) is 0 Å². The molecule has 1 aliphatic rings. The van der Waals surface area contributed by atoms with Gasteiger partial charge in [-0.05, 0) is 71.8 Å². The molecule has 1 aliphatic carbocycles. The van der Waals surface area contributed by atoms with Crippen LogP contribution in [0.5, 0.6) is 5.75 Å². The van der Waals surface area contributed by atoms with Crippen molar-refractivity contribution in [1.29, 1.82) is 0 Å². The second-order valence-corrected chi connectivity index (χ2v) is 8.02. The molecule has 1 N–H and O–H groups in total. The third-order valence-electron chi connectivity index (χ3n) is 4.82. The smallest absolute Gasteiger partial charge is 0.337 e. The van der Waals surface area contributed by atoms with Crippen LogP contribution in [0.3, 0.4) is 0 Å². The maximum absolute atomic E-state index is 11.9. The molecule has 0 amide bonds. The molecular weight excluding hydrogens is 364 g/mol. The molecule has 5 nitrogen and oxygen atoms in total. The predicted octanol–water partition coefficient (Wildman–Crippen LogP) is 3.78. The van der Waals surface area contributed by atoms with Crippen LogP contribution in [-0.4, -0.2) is 34.2 Å². The molecule has 3 rings (SSSR count). The summed E-state index contributed by atoms with van der Waals surface area (Å²) in [7, 11) is 1.39. The highest BCUT2D eigenvalue weighted by Crippen LogP contribution is 2.38. The SMILES string of the molecule is COC(=O)c1ccc2c(c1)-c1c(C)cc(OCC(C)CS(=O)O)cc1CC2. The van der Waals surface area contributed by atoms with E-state index in [1.165, 1.54) is 18.2 Å². The third kappa shape index (κ3) is 4.39. The van der Waals surface area contributed by atoms with Gasteiger partial charge in [-0.3, -0.25) is 0 Å². The number of aryl methyl sites for hydroxylation is 3. The summed E-state index contributed by atoms with van der Waals surface area (Å²) >= 11 is -1.81. The highest BCUT2D eigenvalue weighted by Gasteiger charge is 2.21. The van der Waals surface area contributed by atoms with Crippen molar-refractivity contribution in [3.8, 4) is 16.9 Å². The maximum Gasteiger partial charge on any atom is 0.337 e. The number of carbonyl (C=O) groups excluding carboxylic acids is 1. The van der Waals surface area contributed by atoms with Crippen LogP contribution in [0, 0.1) is 12.8 Å². The fraction of sp³-hybridized carbons (Fsp3) is 0.381. The van der Waals surface area contributed by atoms with E-state index in [4.69, 9.17) is 14.0 Å². The van der Waals surface area contributed by atoms with Gasteiger partial charge in [0.05, 0.1) is 25.0 Å². The van der Waals surface area contributed by atoms with E-state index in [0.29, 0.717) is 12.2 Å². The molecule has 2 aromatic rings. The number of ether oxygens (including phenoxy) is 2. The Morgan fingerprint density at radius 1 is 1.22 bits per heavy atom. The number of rotatable bonds is 6. The standard InChI is InChI=1S/C21H24O5S/c1-13(12-27(23)24)11-26-18-8-14(2)20-16(9-18)6-4-15-5-7-17(10-19(15)20)21(22)25-3/h5,7-10,13H,4,6,11-12H2,1-3H3,(H,23,24). The second-order valence-electron chi connectivity index (χ2n) is 7.04. The van der Waals surface area contributed by atoms with Gasteiger partial charge in [0.25, 0.3) is 0 Å². The summed E-state index contributed by atoms with van der Waals surface area (Å²) in [6.45, 7) is 4.33. The van der Waals surface area contributed by atoms with E-state index in [9.17, 15) is 9.00 Å². The zero-order valence-electron chi connectivity index (χ0n) is 15.8. The first kappa shape index (κ1) is 19.6. The molecule has 0 fully saturated rings. The Kier molecular flexibility index (Phi) is 5.97. The quantitative estimate of drug-likeness (QED) is 0.602. The Hall–Kier alpha value is -2.18. The number of hydrogen-bond donors (Lipinski definition) is 1. The van der Waals surface area contributed by atoms with Crippen LogP contribution >= 0.6 is 0 Å². The minimum Gasteiger partial charge on any atom is -0.493 e. The van der Waals surface area contributed by atoms with Gasteiger partial charge >= 0.3 is 5.97 Å². The number of fused-ring (bicyclic) bond motifs is 3. The van der Waals surface area contributed by atoms with E-state index < -0.39 is 11.1 Å². The first-order valence-corrected chi connectivity index (χ1v) is 10.2. The Labute approximate surface area is 162 Å². The zero-order valence-corrected chi connectivity index (χ0v) is 16.6. The van der Waals surface area contributed by atoms with E-state index >= 15 is 0 Å². The molecule has 0 heterocycles. The van der Waals surface area contributed by atoms with Crippen LogP contribution < -0.4 is 4.74 Å². The highest BCUT2D eigenvalue weighted by molar-refractivity contribution is 7.79. The molecule has 0 saturated carbocycles. The van der Waals surface area contributed by atoms with Crippen LogP contribution in [0.4, 0.5) is 0 Å². The Balaban J connectivity index is 1.89. The third-order valence-corrected chi connectivity index (χ3v) is 5.67. The summed E-state index contributed by atoms with van der Waals surface area (Å²) in [5.41, 5.74) is 6.29. The minimum atomic E-state index is -1.81. The molecule has 6 heteroatoms. The topological polar surface area (TPSA) is 72.8 Å². The van der Waals surface area contributed by atoms with Gasteiger partial charge in [-0.1, -0.05) is 13.0 Å². The minimum absolute atomic E-state index is 0.00416. The van der Waals surface area contributed by atoms with E-state index in [1.807, 2.05) is 44.2 Å². The Morgan fingerprint density at radius 2 is 1.96 bits per heavy atom. The molecule has 0 spiro atoms. The average molecular weight is 388 g/mol. The van der Waals surface area contributed by atoms with Crippen molar-refractivity contribution in [1.82, 2.24) is 0 Å². The lowest BCUT2D eigenvalue weighted by atomic mass is 9.82. The molecule has 0 radical (unpaired) electrons. The number of methoxy groups -OCH3 is 1. The van der Waals surface area contributed by atoms with Crippen molar-refractivity contribution in [2.45, 2.75) is 26.7 Å². The first-order chi connectivity index (χ1) is 12.9. The fourth-order valence-electron chi connectivity index (χ4n) is 3.56. The number of hydrogen-bond acceptors (Lipinski definition) is 4. The molecule has 2 atom stereocenters. The maximum atomic E-state index is 11.9. The lowest BCUT2D eigenvalue weighted by molar-refractivity contribution is 0.0600. The van der Waals surface area contributed by atoms with Crippen LogP contribution in [-0.2, 0) is 28.7 Å². The van der Waals surface area contributed by atoms with Crippen molar-refractivity contribution in [2.75, 3.05) is 19.5 Å². The second kappa shape index (κ2) is 8.23. The van der Waals surface area contributed by atoms with Crippen molar-refractivity contribution >= 4 is 17.0 Å². The highest BCUT2D eigenvalue weighted by atomic mass is 32.2.